The Morgan fingerprint density at radius 1 is 1.30 bits per heavy atom. The Bertz CT molecular complexity index is 324. The lowest BCUT2D eigenvalue weighted by atomic mass is 9.88. The number of hydrogen-bond acceptors (Lipinski definition) is 4. The molecule has 0 rings (SSSR count). The summed E-state index contributed by atoms with van der Waals surface area (Å²) in [5.41, 5.74) is 0. The van der Waals surface area contributed by atoms with E-state index < -0.39 is 8.32 Å². The van der Waals surface area contributed by atoms with Crippen LogP contribution in [0.2, 0.25) is 19.6 Å². The molecule has 20 heavy (non-hydrogen) atoms. The standard InChI is InChI=1S/C15H31NO3Si/c1-9-13(10-11-14(17)18-5)15(12(2)3)16(4)19-20(6,7)8/h10-13,15H,9H2,1-8H3/b11-10+. The number of methoxy groups -OCH3 is 1. The molecule has 0 fully saturated rings. The van der Waals surface area contributed by atoms with E-state index in [1.165, 1.54) is 13.2 Å². The van der Waals surface area contributed by atoms with E-state index in [2.05, 4.69) is 45.1 Å². The Kier molecular flexibility index (Phi) is 8.31. The van der Waals surface area contributed by atoms with E-state index in [0.717, 1.165) is 6.42 Å². The maximum Gasteiger partial charge on any atom is 0.330 e. The number of carbonyl (C=O) groups is 1. The van der Waals surface area contributed by atoms with Crippen molar-refractivity contribution in [1.82, 2.24) is 5.06 Å². The highest BCUT2D eigenvalue weighted by Gasteiger charge is 2.29. The number of hydrogen-bond donors (Lipinski definition) is 0. The molecule has 0 saturated heterocycles. The van der Waals surface area contributed by atoms with Crippen molar-refractivity contribution in [2.75, 3.05) is 14.2 Å². The summed E-state index contributed by atoms with van der Waals surface area (Å²) in [6.07, 6.45) is 4.42. The minimum absolute atomic E-state index is 0.243. The van der Waals surface area contributed by atoms with Gasteiger partial charge in [0.2, 0.25) is 8.32 Å². The van der Waals surface area contributed by atoms with Crippen LogP contribution in [0, 0.1) is 11.8 Å². The predicted octanol–water partition coefficient (Wildman–Crippen LogP) is 3.46. The molecule has 0 radical (unpaired) electrons. The van der Waals surface area contributed by atoms with Crippen molar-refractivity contribution in [1.29, 1.82) is 0 Å². The molecule has 0 aromatic heterocycles. The van der Waals surface area contributed by atoms with Gasteiger partial charge in [-0.15, -0.1) is 0 Å². The fourth-order valence-corrected chi connectivity index (χ4v) is 3.42. The van der Waals surface area contributed by atoms with Gasteiger partial charge >= 0.3 is 5.97 Å². The van der Waals surface area contributed by atoms with E-state index in [4.69, 9.17) is 4.53 Å². The Hall–Kier alpha value is -0.653. The first-order valence-corrected chi connectivity index (χ1v) is 10.7. The van der Waals surface area contributed by atoms with Crippen LogP contribution in [0.15, 0.2) is 12.2 Å². The largest absolute Gasteiger partial charge is 0.466 e. The van der Waals surface area contributed by atoms with Gasteiger partial charge < -0.3 is 9.26 Å². The molecule has 118 valence electrons. The van der Waals surface area contributed by atoms with Crippen LogP contribution in [0.25, 0.3) is 0 Å². The zero-order valence-electron chi connectivity index (χ0n) is 14.3. The Labute approximate surface area is 125 Å². The maximum absolute atomic E-state index is 11.3. The van der Waals surface area contributed by atoms with E-state index >= 15 is 0 Å². The number of esters is 1. The van der Waals surface area contributed by atoms with Crippen LogP contribution >= 0.6 is 0 Å². The molecule has 2 atom stereocenters. The topological polar surface area (TPSA) is 38.8 Å². The number of carbonyl (C=O) groups excluding carboxylic acids is 1. The van der Waals surface area contributed by atoms with Gasteiger partial charge in [0.25, 0.3) is 0 Å². The first-order valence-electron chi connectivity index (χ1n) is 7.30. The molecule has 5 heteroatoms. The van der Waals surface area contributed by atoms with Crippen molar-refractivity contribution in [2.45, 2.75) is 52.9 Å². The lowest BCUT2D eigenvalue weighted by molar-refractivity contribution is -0.135. The molecule has 0 bridgehead atoms. The minimum atomic E-state index is -1.63. The van der Waals surface area contributed by atoms with Gasteiger partial charge in [-0.2, -0.15) is 0 Å². The normalized spacial score (nSPS) is 15.9. The fraction of sp³-hybridized carbons (Fsp3) is 0.800. The van der Waals surface area contributed by atoms with Crippen LogP contribution in [0.1, 0.15) is 27.2 Å². The molecule has 0 aliphatic rings. The van der Waals surface area contributed by atoms with Crippen LogP contribution in [0.4, 0.5) is 0 Å². The van der Waals surface area contributed by atoms with Crippen LogP contribution in [-0.2, 0) is 14.1 Å². The number of ether oxygens (including phenoxy) is 1. The van der Waals surface area contributed by atoms with Crippen LogP contribution in [0.5, 0.6) is 0 Å². The van der Waals surface area contributed by atoms with Crippen molar-refractivity contribution in [3.63, 3.8) is 0 Å². The van der Waals surface area contributed by atoms with E-state index in [-0.39, 0.29) is 17.9 Å². The molecule has 4 nitrogen and oxygen atoms in total. The predicted molar refractivity (Wildman–Crippen MR) is 85.8 cm³/mol. The molecule has 0 spiro atoms. The fourth-order valence-electron chi connectivity index (χ4n) is 2.44. The molecular formula is C15H31NO3Si. The van der Waals surface area contributed by atoms with Gasteiger partial charge in [0.15, 0.2) is 0 Å². The summed E-state index contributed by atoms with van der Waals surface area (Å²) >= 11 is 0. The summed E-state index contributed by atoms with van der Waals surface area (Å²) < 4.78 is 10.8. The first kappa shape index (κ1) is 19.3. The van der Waals surface area contributed by atoms with Gasteiger partial charge in [0.05, 0.1) is 7.11 Å². The first-order chi connectivity index (χ1) is 9.12. The maximum atomic E-state index is 11.3. The van der Waals surface area contributed by atoms with Crippen molar-refractivity contribution in [3.8, 4) is 0 Å². The third-order valence-corrected chi connectivity index (χ3v) is 3.95. The van der Waals surface area contributed by atoms with Crippen molar-refractivity contribution >= 4 is 14.3 Å². The zero-order valence-corrected chi connectivity index (χ0v) is 15.3. The second-order valence-corrected chi connectivity index (χ2v) is 10.8. The zero-order chi connectivity index (χ0) is 15.9. The van der Waals surface area contributed by atoms with Gasteiger partial charge in [0, 0.05) is 19.2 Å². The van der Waals surface area contributed by atoms with Gasteiger partial charge in [-0.25, -0.2) is 9.86 Å². The average Bonchev–Trinajstić information content (AvgIpc) is 2.30. The Morgan fingerprint density at radius 2 is 1.85 bits per heavy atom. The van der Waals surface area contributed by atoms with Crippen LogP contribution < -0.4 is 0 Å². The lowest BCUT2D eigenvalue weighted by Gasteiger charge is -2.38. The summed E-state index contributed by atoms with van der Waals surface area (Å²) in [5.74, 6) is 0.388. The lowest BCUT2D eigenvalue weighted by Crippen LogP contribution is -2.46. The van der Waals surface area contributed by atoms with Gasteiger partial charge in [-0.05, 0) is 37.9 Å². The van der Waals surface area contributed by atoms with E-state index in [1.54, 1.807) is 0 Å². The van der Waals surface area contributed by atoms with E-state index in [1.807, 2.05) is 18.2 Å². The summed E-state index contributed by atoms with van der Waals surface area (Å²) in [6.45, 7) is 13.0. The van der Waals surface area contributed by atoms with Gasteiger partial charge in [0.1, 0.15) is 0 Å². The monoisotopic (exact) mass is 301 g/mol. The van der Waals surface area contributed by atoms with Crippen LogP contribution in [-0.4, -0.2) is 39.5 Å². The molecule has 0 saturated carbocycles. The third-order valence-electron chi connectivity index (χ3n) is 3.11. The summed E-state index contributed by atoms with van der Waals surface area (Å²) in [7, 11) is 1.77. The Morgan fingerprint density at radius 3 is 2.20 bits per heavy atom. The highest BCUT2D eigenvalue weighted by atomic mass is 28.4. The number of hydroxylamine groups is 2. The average molecular weight is 302 g/mol. The van der Waals surface area contributed by atoms with Crippen molar-refractivity contribution < 1.29 is 14.1 Å². The second-order valence-electron chi connectivity index (χ2n) is 6.44. The van der Waals surface area contributed by atoms with Crippen molar-refractivity contribution in [3.05, 3.63) is 12.2 Å². The summed E-state index contributed by atoms with van der Waals surface area (Å²) in [5, 5.41) is 1.99. The van der Waals surface area contributed by atoms with Gasteiger partial charge in [-0.1, -0.05) is 26.8 Å². The van der Waals surface area contributed by atoms with Crippen molar-refractivity contribution in [2.24, 2.45) is 11.8 Å². The molecular weight excluding hydrogens is 270 g/mol. The second kappa shape index (κ2) is 8.59. The van der Waals surface area contributed by atoms with Gasteiger partial charge in [-0.3, -0.25) is 0 Å². The molecule has 0 aromatic rings. The minimum Gasteiger partial charge on any atom is -0.466 e. The molecule has 0 aliphatic heterocycles. The third kappa shape index (κ3) is 7.22. The molecule has 2 unspecified atom stereocenters. The molecule has 0 amide bonds. The highest BCUT2D eigenvalue weighted by Crippen LogP contribution is 2.24. The highest BCUT2D eigenvalue weighted by molar-refractivity contribution is 6.69. The number of rotatable bonds is 8. The van der Waals surface area contributed by atoms with E-state index in [9.17, 15) is 4.79 Å². The molecule has 0 heterocycles. The SMILES string of the molecule is CCC(/C=C/C(=O)OC)C(C(C)C)N(C)O[Si](C)(C)C. The molecule has 0 N–H and O–H groups in total. The van der Waals surface area contributed by atoms with Crippen LogP contribution in [0.3, 0.4) is 0 Å². The Balaban J connectivity index is 5.02. The summed E-state index contributed by atoms with van der Waals surface area (Å²) in [6, 6.07) is 0.243. The molecule has 0 aliphatic carbocycles. The summed E-state index contributed by atoms with van der Waals surface area (Å²) in [4.78, 5) is 11.3. The molecule has 0 aromatic carbocycles. The quantitative estimate of drug-likeness (QED) is 0.298. The number of nitrogens with zero attached hydrogens (tertiary/aromatic N) is 1. The van der Waals surface area contributed by atoms with E-state index in [0.29, 0.717) is 5.92 Å². The smallest absolute Gasteiger partial charge is 0.330 e.